The average molecular weight is 361 g/mol. The summed E-state index contributed by atoms with van der Waals surface area (Å²) in [5.41, 5.74) is 3.30. The highest BCUT2D eigenvalue weighted by atomic mass is 19.1. The molecule has 1 aromatic heterocycles. The van der Waals surface area contributed by atoms with E-state index in [9.17, 15) is 9.50 Å². The summed E-state index contributed by atoms with van der Waals surface area (Å²) in [5.74, 6) is -0.132. The minimum absolute atomic E-state index is 0.167. The highest BCUT2D eigenvalue weighted by Gasteiger charge is 2.13. The molecule has 1 heterocycles. The number of phenols is 1. The van der Waals surface area contributed by atoms with Gasteiger partial charge in [0.15, 0.2) is 0 Å². The Morgan fingerprint density at radius 2 is 1.78 bits per heavy atom. The molecule has 0 amide bonds. The summed E-state index contributed by atoms with van der Waals surface area (Å²) in [7, 11) is 0. The van der Waals surface area contributed by atoms with Gasteiger partial charge in [0.2, 0.25) is 0 Å². The largest absolute Gasteiger partial charge is 0.508 e. The molecular formula is C22H20FN3O. The van der Waals surface area contributed by atoms with Gasteiger partial charge in [-0.15, -0.1) is 0 Å². The first-order chi connectivity index (χ1) is 13.0. The minimum Gasteiger partial charge on any atom is -0.508 e. The van der Waals surface area contributed by atoms with E-state index < -0.39 is 0 Å². The predicted octanol–water partition coefficient (Wildman–Crippen LogP) is 4.82. The van der Waals surface area contributed by atoms with Gasteiger partial charge in [0.05, 0.1) is 23.6 Å². The molecule has 0 saturated carbocycles. The number of aromatic hydroxyl groups is 1. The number of halogens is 1. The van der Waals surface area contributed by atoms with Crippen LogP contribution < -0.4 is 0 Å². The summed E-state index contributed by atoms with van der Waals surface area (Å²) in [6, 6.07) is 18.8. The number of hydrogen-bond acceptors (Lipinski definition) is 4. The van der Waals surface area contributed by atoms with Gasteiger partial charge in [0.1, 0.15) is 11.6 Å². The Balaban J connectivity index is 1.96. The van der Waals surface area contributed by atoms with Crippen molar-refractivity contribution in [2.24, 2.45) is 5.10 Å². The zero-order chi connectivity index (χ0) is 19.2. The van der Waals surface area contributed by atoms with Crippen molar-refractivity contribution in [2.45, 2.75) is 13.5 Å². The second kappa shape index (κ2) is 8.27. The Morgan fingerprint density at radius 1 is 1.07 bits per heavy atom. The van der Waals surface area contributed by atoms with E-state index in [0.717, 1.165) is 11.3 Å². The van der Waals surface area contributed by atoms with Crippen LogP contribution in [0, 0.1) is 5.82 Å². The Kier molecular flexibility index (Phi) is 5.61. The molecule has 136 valence electrons. The Hall–Kier alpha value is -3.47. The van der Waals surface area contributed by atoms with Crippen LogP contribution in [0.3, 0.4) is 0 Å². The molecule has 0 fully saturated rings. The lowest BCUT2D eigenvalue weighted by molar-refractivity contribution is 0.405. The zero-order valence-electron chi connectivity index (χ0n) is 15.0. The van der Waals surface area contributed by atoms with E-state index in [2.05, 4.69) is 16.7 Å². The zero-order valence-corrected chi connectivity index (χ0v) is 15.0. The molecule has 0 radical (unpaired) electrons. The van der Waals surface area contributed by atoms with Crippen LogP contribution in [0.15, 0.2) is 84.6 Å². The molecule has 0 aliphatic rings. The lowest BCUT2D eigenvalue weighted by Crippen LogP contribution is -2.18. The maximum Gasteiger partial charge on any atom is 0.128 e. The van der Waals surface area contributed by atoms with E-state index in [0.29, 0.717) is 17.0 Å². The maximum absolute atomic E-state index is 14.2. The standard InChI is InChI=1S/C22H20FN3O/c1-16(22-9-5-6-14-24-22)25-26(15-19-7-3-4-8-21(19)23)17(2)18-10-12-20(27)13-11-18/h3-14,27H,2,15H2,1H3/b25-16+. The fraction of sp³-hybridized carbons (Fsp3) is 0.0909. The molecule has 2 aromatic carbocycles. The first kappa shape index (κ1) is 18.3. The predicted molar refractivity (Wildman–Crippen MR) is 106 cm³/mol. The number of phenolic OH excluding ortho intramolecular Hbond substituents is 1. The number of hydrogen-bond donors (Lipinski definition) is 1. The molecule has 0 bridgehead atoms. The van der Waals surface area contributed by atoms with Crippen LogP contribution in [0.4, 0.5) is 4.39 Å². The summed E-state index contributed by atoms with van der Waals surface area (Å²) in [6.45, 7) is 6.19. The summed E-state index contributed by atoms with van der Waals surface area (Å²) in [6.07, 6.45) is 1.70. The first-order valence-electron chi connectivity index (χ1n) is 8.50. The smallest absolute Gasteiger partial charge is 0.128 e. The number of hydrazone groups is 1. The molecule has 3 rings (SSSR count). The average Bonchev–Trinajstić information content (AvgIpc) is 2.69. The minimum atomic E-state index is -0.299. The normalized spacial score (nSPS) is 11.3. The van der Waals surface area contributed by atoms with Crippen LogP contribution in [-0.4, -0.2) is 20.8 Å². The molecule has 0 unspecified atom stereocenters. The first-order valence-corrected chi connectivity index (χ1v) is 8.50. The molecule has 0 saturated heterocycles. The lowest BCUT2D eigenvalue weighted by Gasteiger charge is -2.23. The van der Waals surface area contributed by atoms with Gasteiger partial charge < -0.3 is 5.11 Å². The summed E-state index contributed by atoms with van der Waals surface area (Å²) >= 11 is 0. The van der Waals surface area contributed by atoms with Crippen molar-refractivity contribution in [1.29, 1.82) is 0 Å². The van der Waals surface area contributed by atoms with Crippen LogP contribution in [0.25, 0.3) is 5.70 Å². The van der Waals surface area contributed by atoms with Gasteiger partial charge in [-0.3, -0.25) is 9.99 Å². The van der Waals surface area contributed by atoms with Gasteiger partial charge in [0, 0.05) is 11.8 Å². The van der Waals surface area contributed by atoms with E-state index in [1.165, 1.54) is 6.07 Å². The van der Waals surface area contributed by atoms with E-state index in [1.54, 1.807) is 53.7 Å². The maximum atomic E-state index is 14.2. The third kappa shape index (κ3) is 4.58. The molecule has 0 spiro atoms. The number of nitrogens with zero attached hydrogens (tertiary/aromatic N) is 3. The van der Waals surface area contributed by atoms with Crippen molar-refractivity contribution < 1.29 is 9.50 Å². The number of rotatable bonds is 6. The Labute approximate surface area is 157 Å². The molecule has 5 heteroatoms. The summed E-state index contributed by atoms with van der Waals surface area (Å²) < 4.78 is 14.2. The van der Waals surface area contributed by atoms with Crippen molar-refractivity contribution in [3.05, 3.63) is 102 Å². The number of pyridine rings is 1. The van der Waals surface area contributed by atoms with Gasteiger partial charge in [-0.25, -0.2) is 4.39 Å². The monoisotopic (exact) mass is 361 g/mol. The highest BCUT2D eigenvalue weighted by Crippen LogP contribution is 2.23. The third-order valence-electron chi connectivity index (χ3n) is 4.10. The van der Waals surface area contributed by atoms with E-state index in [1.807, 2.05) is 25.1 Å². The van der Waals surface area contributed by atoms with Gasteiger partial charge >= 0.3 is 0 Å². The van der Waals surface area contributed by atoms with E-state index in [-0.39, 0.29) is 18.1 Å². The van der Waals surface area contributed by atoms with Crippen molar-refractivity contribution in [3.63, 3.8) is 0 Å². The van der Waals surface area contributed by atoms with Crippen LogP contribution in [0.5, 0.6) is 5.75 Å². The molecule has 0 aliphatic heterocycles. The van der Waals surface area contributed by atoms with Crippen molar-refractivity contribution in [3.8, 4) is 5.75 Å². The molecule has 27 heavy (non-hydrogen) atoms. The van der Waals surface area contributed by atoms with Crippen LogP contribution >= 0.6 is 0 Å². The van der Waals surface area contributed by atoms with E-state index >= 15 is 0 Å². The van der Waals surface area contributed by atoms with Gasteiger partial charge in [-0.05, 0) is 55.0 Å². The van der Waals surface area contributed by atoms with Crippen LogP contribution in [0.2, 0.25) is 0 Å². The summed E-state index contributed by atoms with van der Waals surface area (Å²) in [4.78, 5) is 4.31. The quantitative estimate of drug-likeness (QED) is 0.506. The van der Waals surface area contributed by atoms with Crippen molar-refractivity contribution >= 4 is 11.4 Å². The molecule has 1 N–H and O–H groups in total. The fourth-order valence-corrected chi connectivity index (χ4v) is 2.59. The lowest BCUT2D eigenvalue weighted by atomic mass is 10.1. The second-order valence-corrected chi connectivity index (χ2v) is 6.04. The van der Waals surface area contributed by atoms with Crippen LogP contribution in [-0.2, 0) is 6.54 Å². The molecule has 4 nitrogen and oxygen atoms in total. The van der Waals surface area contributed by atoms with Crippen LogP contribution in [0.1, 0.15) is 23.7 Å². The molecular weight excluding hydrogens is 341 g/mol. The van der Waals surface area contributed by atoms with Crippen molar-refractivity contribution in [1.82, 2.24) is 9.99 Å². The van der Waals surface area contributed by atoms with Gasteiger partial charge in [0.25, 0.3) is 0 Å². The van der Waals surface area contributed by atoms with E-state index in [4.69, 9.17) is 0 Å². The van der Waals surface area contributed by atoms with Crippen molar-refractivity contribution in [2.75, 3.05) is 0 Å². The number of aromatic nitrogens is 1. The number of benzene rings is 2. The second-order valence-electron chi connectivity index (χ2n) is 6.04. The molecule has 3 aromatic rings. The summed E-state index contributed by atoms with van der Waals surface area (Å²) in [5, 5.41) is 15.8. The third-order valence-corrected chi connectivity index (χ3v) is 4.10. The fourth-order valence-electron chi connectivity index (χ4n) is 2.59. The van der Waals surface area contributed by atoms with Gasteiger partial charge in [-0.2, -0.15) is 5.10 Å². The van der Waals surface area contributed by atoms with Gasteiger partial charge in [-0.1, -0.05) is 30.8 Å². The Bertz CT molecular complexity index is 953. The molecule has 0 atom stereocenters. The Morgan fingerprint density at radius 3 is 2.44 bits per heavy atom. The topological polar surface area (TPSA) is 48.7 Å². The SMILES string of the molecule is C=C(c1ccc(O)cc1)N(Cc1ccccc1F)/N=C(\C)c1ccccn1. The highest BCUT2D eigenvalue weighted by molar-refractivity contribution is 5.97. The molecule has 0 aliphatic carbocycles.